The molecule has 9 heteroatoms. The molecule has 0 bridgehead atoms. The van der Waals surface area contributed by atoms with Gasteiger partial charge in [-0.1, -0.05) is 5.92 Å². The van der Waals surface area contributed by atoms with E-state index in [1.807, 2.05) is 11.5 Å². The summed E-state index contributed by atoms with van der Waals surface area (Å²) >= 11 is 0. The third-order valence-corrected chi connectivity index (χ3v) is 7.79. The molecular formula is C27H35N7O2. The summed E-state index contributed by atoms with van der Waals surface area (Å²) in [5.74, 6) is 6.66. The third-order valence-electron chi connectivity index (χ3n) is 7.79. The Bertz CT molecular complexity index is 1520. The highest BCUT2D eigenvalue weighted by atomic mass is 16.2. The van der Waals surface area contributed by atoms with Crippen molar-refractivity contribution in [3.8, 4) is 11.8 Å². The van der Waals surface area contributed by atoms with Crippen LogP contribution in [-0.4, -0.2) is 42.8 Å². The Balaban J connectivity index is 1.70. The normalized spacial score (nSPS) is 17.7. The second-order valence-corrected chi connectivity index (χ2v) is 10.1. The van der Waals surface area contributed by atoms with Gasteiger partial charge in [0.15, 0.2) is 11.2 Å². The lowest BCUT2D eigenvalue weighted by Gasteiger charge is -2.31. The number of rotatable bonds is 4. The number of aryl methyl sites for hydroxylation is 2. The standard InChI is InChI=1S/C27H35N7O2/c1-5-6-14-33-23-24(30-26(33)32-13-9-10-19(28)15-32)31(4)27(36)34(25(23)35)16-22-21-12-8-7-11-20(21)17(2)18(3)29-22/h19H,7-16,28H2,1-4H3. The van der Waals surface area contributed by atoms with Gasteiger partial charge in [-0.3, -0.25) is 23.5 Å². The molecule has 190 valence electrons. The Morgan fingerprint density at radius 2 is 1.81 bits per heavy atom. The lowest BCUT2D eigenvalue weighted by atomic mass is 9.87. The molecule has 9 nitrogen and oxygen atoms in total. The topological polar surface area (TPSA) is 104 Å². The maximum absolute atomic E-state index is 13.9. The van der Waals surface area contributed by atoms with Crippen LogP contribution in [0.15, 0.2) is 9.59 Å². The largest absolute Gasteiger partial charge is 0.341 e. The number of hydrogen-bond donors (Lipinski definition) is 1. The number of hydrogen-bond acceptors (Lipinski definition) is 6. The van der Waals surface area contributed by atoms with E-state index in [1.54, 1.807) is 14.0 Å². The zero-order valence-electron chi connectivity index (χ0n) is 21.7. The molecule has 1 unspecified atom stereocenters. The molecule has 1 aliphatic carbocycles. The third kappa shape index (κ3) is 4.03. The Hall–Kier alpha value is -3.38. The van der Waals surface area contributed by atoms with Crippen molar-refractivity contribution in [1.82, 2.24) is 23.7 Å². The second-order valence-electron chi connectivity index (χ2n) is 10.1. The molecule has 1 aliphatic heterocycles. The van der Waals surface area contributed by atoms with Crippen LogP contribution in [0.25, 0.3) is 11.2 Å². The lowest BCUT2D eigenvalue weighted by Crippen LogP contribution is -2.44. The first-order chi connectivity index (χ1) is 17.3. The van der Waals surface area contributed by atoms with Crippen molar-refractivity contribution >= 4 is 17.1 Å². The van der Waals surface area contributed by atoms with Gasteiger partial charge >= 0.3 is 5.69 Å². The maximum Gasteiger partial charge on any atom is 0.332 e. The molecule has 1 fully saturated rings. The van der Waals surface area contributed by atoms with Crippen LogP contribution in [0.3, 0.4) is 0 Å². The predicted molar refractivity (Wildman–Crippen MR) is 142 cm³/mol. The minimum Gasteiger partial charge on any atom is -0.341 e. The van der Waals surface area contributed by atoms with Crippen molar-refractivity contribution in [2.45, 2.75) is 78.4 Å². The van der Waals surface area contributed by atoms with Crippen LogP contribution in [0.4, 0.5) is 5.95 Å². The molecule has 3 aromatic rings. The molecule has 1 saturated heterocycles. The molecule has 2 aliphatic rings. The van der Waals surface area contributed by atoms with E-state index < -0.39 is 0 Å². The van der Waals surface area contributed by atoms with Crippen molar-refractivity contribution in [3.63, 3.8) is 0 Å². The quantitative estimate of drug-likeness (QED) is 0.561. The van der Waals surface area contributed by atoms with Gasteiger partial charge in [-0.25, -0.2) is 4.79 Å². The molecule has 0 amide bonds. The molecule has 0 radical (unpaired) electrons. The van der Waals surface area contributed by atoms with E-state index in [0.717, 1.165) is 56.5 Å². The summed E-state index contributed by atoms with van der Waals surface area (Å²) in [5, 5.41) is 0. The van der Waals surface area contributed by atoms with Gasteiger partial charge in [0.05, 0.1) is 18.8 Å². The van der Waals surface area contributed by atoms with Crippen molar-refractivity contribution < 1.29 is 0 Å². The Morgan fingerprint density at radius 1 is 1.06 bits per heavy atom. The van der Waals surface area contributed by atoms with Crippen LogP contribution in [0.5, 0.6) is 0 Å². The fourth-order valence-electron chi connectivity index (χ4n) is 5.73. The van der Waals surface area contributed by atoms with Crippen LogP contribution < -0.4 is 21.9 Å². The van der Waals surface area contributed by atoms with E-state index in [1.165, 1.54) is 25.8 Å². The summed E-state index contributed by atoms with van der Waals surface area (Å²) in [6.07, 6.45) is 6.12. The molecular weight excluding hydrogens is 454 g/mol. The Kier molecular flexibility index (Phi) is 6.47. The molecule has 5 rings (SSSR count). The SMILES string of the molecule is CC#CCn1c(N2CCCC(N)C2)nc2c1c(=O)n(Cc1nc(C)c(C)c3c1CCCC3)c(=O)n2C. The number of pyridine rings is 1. The van der Waals surface area contributed by atoms with E-state index >= 15 is 0 Å². The molecule has 0 spiro atoms. The number of fused-ring (bicyclic) bond motifs is 2. The van der Waals surface area contributed by atoms with Gasteiger partial charge in [0.25, 0.3) is 5.56 Å². The van der Waals surface area contributed by atoms with Crippen LogP contribution in [0, 0.1) is 25.7 Å². The smallest absolute Gasteiger partial charge is 0.332 e. The number of nitrogens with two attached hydrogens (primary N) is 1. The predicted octanol–water partition coefficient (Wildman–Crippen LogP) is 1.79. The van der Waals surface area contributed by atoms with Crippen molar-refractivity contribution in [2.24, 2.45) is 12.8 Å². The van der Waals surface area contributed by atoms with Gasteiger partial charge in [0.2, 0.25) is 5.95 Å². The van der Waals surface area contributed by atoms with Crippen molar-refractivity contribution in [3.05, 3.63) is 48.9 Å². The van der Waals surface area contributed by atoms with Crippen molar-refractivity contribution in [1.29, 1.82) is 0 Å². The first kappa shape index (κ1) is 24.3. The van der Waals surface area contributed by atoms with Crippen LogP contribution in [-0.2, 0) is 33.0 Å². The number of anilines is 1. The number of piperidine rings is 1. The highest BCUT2D eigenvalue weighted by Gasteiger charge is 2.27. The fraction of sp³-hybridized carbons (Fsp3) is 0.556. The first-order valence-electron chi connectivity index (χ1n) is 12.9. The van der Waals surface area contributed by atoms with Crippen LogP contribution >= 0.6 is 0 Å². The van der Waals surface area contributed by atoms with E-state index in [-0.39, 0.29) is 23.8 Å². The average Bonchev–Trinajstić information content (AvgIpc) is 3.26. The highest BCUT2D eigenvalue weighted by Crippen LogP contribution is 2.28. The van der Waals surface area contributed by atoms with Crippen LogP contribution in [0.2, 0.25) is 0 Å². The molecule has 0 aromatic carbocycles. The molecule has 2 N–H and O–H groups in total. The monoisotopic (exact) mass is 489 g/mol. The van der Waals surface area contributed by atoms with E-state index in [4.69, 9.17) is 15.7 Å². The fourth-order valence-corrected chi connectivity index (χ4v) is 5.73. The van der Waals surface area contributed by atoms with Gasteiger partial charge in [0, 0.05) is 31.9 Å². The van der Waals surface area contributed by atoms with Crippen LogP contribution in [0.1, 0.15) is 60.7 Å². The molecule has 36 heavy (non-hydrogen) atoms. The summed E-state index contributed by atoms with van der Waals surface area (Å²) in [4.78, 5) is 39.2. The van der Waals surface area contributed by atoms with Gasteiger partial charge < -0.3 is 10.6 Å². The lowest BCUT2D eigenvalue weighted by molar-refractivity contribution is 0.496. The summed E-state index contributed by atoms with van der Waals surface area (Å²) < 4.78 is 4.65. The zero-order chi connectivity index (χ0) is 25.6. The molecule has 1 atom stereocenters. The first-order valence-corrected chi connectivity index (χ1v) is 12.9. The van der Waals surface area contributed by atoms with E-state index in [9.17, 15) is 9.59 Å². The van der Waals surface area contributed by atoms with E-state index in [0.29, 0.717) is 30.2 Å². The highest BCUT2D eigenvalue weighted by molar-refractivity contribution is 5.75. The molecule has 3 aromatic heterocycles. The molecule has 4 heterocycles. The Morgan fingerprint density at radius 3 is 2.53 bits per heavy atom. The van der Waals surface area contributed by atoms with Gasteiger partial charge in [0.1, 0.15) is 0 Å². The second kappa shape index (κ2) is 9.58. The summed E-state index contributed by atoms with van der Waals surface area (Å²) in [6.45, 7) is 7.83. The van der Waals surface area contributed by atoms with Crippen molar-refractivity contribution in [2.75, 3.05) is 18.0 Å². The number of aromatic nitrogens is 5. The summed E-state index contributed by atoms with van der Waals surface area (Å²) in [6, 6.07) is 0.0479. The average molecular weight is 490 g/mol. The summed E-state index contributed by atoms with van der Waals surface area (Å²) in [5.41, 5.74) is 11.8. The molecule has 0 saturated carbocycles. The van der Waals surface area contributed by atoms with Gasteiger partial charge in [-0.2, -0.15) is 4.98 Å². The minimum atomic E-state index is -0.384. The zero-order valence-corrected chi connectivity index (χ0v) is 21.7. The number of nitrogens with zero attached hydrogens (tertiary/aromatic N) is 6. The summed E-state index contributed by atoms with van der Waals surface area (Å²) in [7, 11) is 1.68. The maximum atomic E-state index is 13.9. The van der Waals surface area contributed by atoms with E-state index in [2.05, 4.69) is 23.7 Å². The number of imidazole rings is 1. The minimum absolute atomic E-state index is 0.0479. The van der Waals surface area contributed by atoms with Gasteiger partial charge in [-0.15, -0.1) is 5.92 Å². The van der Waals surface area contributed by atoms with Gasteiger partial charge in [-0.05, 0) is 76.0 Å². The Labute approximate surface area is 211 Å².